The van der Waals surface area contributed by atoms with Crippen molar-refractivity contribution in [3.8, 4) is 5.75 Å². The van der Waals surface area contributed by atoms with Crippen molar-refractivity contribution in [1.29, 1.82) is 0 Å². The van der Waals surface area contributed by atoms with Crippen molar-refractivity contribution in [3.05, 3.63) is 46.4 Å². The Labute approximate surface area is 110 Å². The standard InChI is InChI=1S/C13H14N2O2S/c1-17-12-4-2-3-10(5-12)6-13(16)14-7-11-8-18-9-15-11/h2-5,8-9H,6-7H2,1H3,(H,14,16). The molecule has 1 aromatic carbocycles. The molecule has 0 fully saturated rings. The minimum atomic E-state index is -0.0174. The van der Waals surface area contributed by atoms with Gasteiger partial charge in [-0.3, -0.25) is 4.79 Å². The molecule has 1 amide bonds. The van der Waals surface area contributed by atoms with Gasteiger partial charge in [-0.15, -0.1) is 11.3 Å². The zero-order chi connectivity index (χ0) is 12.8. The molecule has 0 aliphatic heterocycles. The third kappa shape index (κ3) is 3.56. The number of nitrogens with one attached hydrogen (secondary N) is 1. The molecule has 1 N–H and O–H groups in total. The maximum Gasteiger partial charge on any atom is 0.224 e. The Bertz CT molecular complexity index is 511. The summed E-state index contributed by atoms with van der Waals surface area (Å²) >= 11 is 1.52. The van der Waals surface area contributed by atoms with Crippen molar-refractivity contribution in [2.24, 2.45) is 0 Å². The van der Waals surface area contributed by atoms with E-state index in [2.05, 4.69) is 10.3 Å². The first-order chi connectivity index (χ1) is 8.78. The van der Waals surface area contributed by atoms with E-state index in [1.807, 2.05) is 29.6 Å². The first-order valence-corrected chi connectivity index (χ1v) is 6.49. The van der Waals surface area contributed by atoms with Crippen molar-refractivity contribution in [3.63, 3.8) is 0 Å². The summed E-state index contributed by atoms with van der Waals surface area (Å²) in [5.74, 6) is 0.746. The predicted molar refractivity (Wildman–Crippen MR) is 70.7 cm³/mol. The number of carbonyl (C=O) groups excluding carboxylic acids is 1. The van der Waals surface area contributed by atoms with E-state index < -0.39 is 0 Å². The van der Waals surface area contributed by atoms with Crippen molar-refractivity contribution < 1.29 is 9.53 Å². The van der Waals surface area contributed by atoms with E-state index in [1.54, 1.807) is 12.6 Å². The number of hydrogen-bond donors (Lipinski definition) is 1. The minimum Gasteiger partial charge on any atom is -0.497 e. The second-order valence-corrected chi connectivity index (χ2v) is 4.50. The lowest BCUT2D eigenvalue weighted by Crippen LogP contribution is -2.24. The molecule has 5 heteroatoms. The van der Waals surface area contributed by atoms with Gasteiger partial charge in [0.1, 0.15) is 5.75 Å². The predicted octanol–water partition coefficient (Wildman–Crippen LogP) is 2.01. The molecule has 0 atom stereocenters. The van der Waals surface area contributed by atoms with E-state index in [1.165, 1.54) is 11.3 Å². The lowest BCUT2D eigenvalue weighted by atomic mass is 10.1. The summed E-state index contributed by atoms with van der Waals surface area (Å²) in [6.07, 6.45) is 0.349. The molecule has 0 saturated carbocycles. The van der Waals surface area contributed by atoms with Gasteiger partial charge in [0.15, 0.2) is 0 Å². The molecule has 0 aliphatic rings. The van der Waals surface area contributed by atoms with Crippen molar-refractivity contribution >= 4 is 17.2 Å². The maximum atomic E-state index is 11.7. The topological polar surface area (TPSA) is 51.2 Å². The number of rotatable bonds is 5. The number of thiazole rings is 1. The first kappa shape index (κ1) is 12.6. The van der Waals surface area contributed by atoms with Crippen molar-refractivity contribution in [2.75, 3.05) is 7.11 Å². The molecule has 0 radical (unpaired) electrons. The van der Waals surface area contributed by atoms with Gasteiger partial charge in [-0.05, 0) is 17.7 Å². The van der Waals surface area contributed by atoms with Crippen LogP contribution >= 0.6 is 11.3 Å². The van der Waals surface area contributed by atoms with Crippen LogP contribution in [0.5, 0.6) is 5.75 Å². The Morgan fingerprint density at radius 1 is 1.50 bits per heavy atom. The molecule has 94 valence electrons. The van der Waals surface area contributed by atoms with E-state index >= 15 is 0 Å². The fourth-order valence-electron chi connectivity index (χ4n) is 1.54. The van der Waals surface area contributed by atoms with E-state index in [0.29, 0.717) is 13.0 Å². The van der Waals surface area contributed by atoms with Gasteiger partial charge in [0.05, 0.1) is 31.3 Å². The highest BCUT2D eigenvalue weighted by Crippen LogP contribution is 2.12. The van der Waals surface area contributed by atoms with Crippen LogP contribution in [0, 0.1) is 0 Å². The van der Waals surface area contributed by atoms with Crippen LogP contribution in [0.3, 0.4) is 0 Å². The summed E-state index contributed by atoms with van der Waals surface area (Å²) in [6, 6.07) is 7.51. The summed E-state index contributed by atoms with van der Waals surface area (Å²) in [7, 11) is 1.61. The Morgan fingerprint density at radius 2 is 2.39 bits per heavy atom. The average Bonchev–Trinajstić information content (AvgIpc) is 2.90. The van der Waals surface area contributed by atoms with E-state index in [4.69, 9.17) is 4.74 Å². The Kier molecular flexibility index (Phi) is 4.30. The zero-order valence-electron chi connectivity index (χ0n) is 10.1. The molecule has 1 heterocycles. The molecule has 4 nitrogen and oxygen atoms in total. The summed E-state index contributed by atoms with van der Waals surface area (Å²) < 4.78 is 5.11. The number of amides is 1. The van der Waals surface area contributed by atoms with E-state index in [-0.39, 0.29) is 5.91 Å². The lowest BCUT2D eigenvalue weighted by molar-refractivity contribution is -0.120. The molecule has 0 bridgehead atoms. The quantitative estimate of drug-likeness (QED) is 0.896. The summed E-state index contributed by atoms with van der Waals surface area (Å²) in [4.78, 5) is 15.8. The number of benzene rings is 1. The molecule has 0 unspecified atom stereocenters. The van der Waals surface area contributed by atoms with Crippen LogP contribution in [0.1, 0.15) is 11.3 Å². The minimum absolute atomic E-state index is 0.0174. The van der Waals surface area contributed by atoms with Gasteiger partial charge in [0, 0.05) is 5.38 Å². The first-order valence-electron chi connectivity index (χ1n) is 5.54. The van der Waals surface area contributed by atoms with Crippen LogP contribution in [-0.2, 0) is 17.8 Å². The second-order valence-electron chi connectivity index (χ2n) is 3.78. The molecule has 2 rings (SSSR count). The molecule has 18 heavy (non-hydrogen) atoms. The summed E-state index contributed by atoms with van der Waals surface area (Å²) in [5, 5.41) is 4.76. The molecule has 2 aromatic rings. The van der Waals surface area contributed by atoms with Gasteiger partial charge >= 0.3 is 0 Å². The number of aromatic nitrogens is 1. The normalized spacial score (nSPS) is 10.1. The molecule has 0 spiro atoms. The number of methoxy groups -OCH3 is 1. The summed E-state index contributed by atoms with van der Waals surface area (Å²) in [6.45, 7) is 0.478. The molecular weight excluding hydrogens is 248 g/mol. The number of hydrogen-bond acceptors (Lipinski definition) is 4. The van der Waals surface area contributed by atoms with Gasteiger partial charge in [-0.1, -0.05) is 12.1 Å². The summed E-state index contributed by atoms with van der Waals surface area (Å²) in [5.41, 5.74) is 3.58. The smallest absolute Gasteiger partial charge is 0.224 e. The van der Waals surface area contributed by atoms with Gasteiger partial charge in [0.2, 0.25) is 5.91 Å². The van der Waals surface area contributed by atoms with Crippen molar-refractivity contribution in [2.45, 2.75) is 13.0 Å². The highest BCUT2D eigenvalue weighted by Gasteiger charge is 2.04. The van der Waals surface area contributed by atoms with Crippen LogP contribution in [0.4, 0.5) is 0 Å². The second kappa shape index (κ2) is 6.16. The van der Waals surface area contributed by atoms with Crippen LogP contribution in [-0.4, -0.2) is 18.0 Å². The Balaban J connectivity index is 1.86. The molecular formula is C13H14N2O2S. The fourth-order valence-corrected chi connectivity index (χ4v) is 2.10. The van der Waals surface area contributed by atoms with Gasteiger partial charge in [0.25, 0.3) is 0 Å². The number of carbonyl (C=O) groups is 1. The average molecular weight is 262 g/mol. The van der Waals surface area contributed by atoms with E-state index in [9.17, 15) is 4.79 Å². The maximum absolute atomic E-state index is 11.7. The van der Waals surface area contributed by atoms with Gasteiger partial charge in [-0.25, -0.2) is 4.98 Å². The highest BCUT2D eigenvalue weighted by atomic mass is 32.1. The molecule has 0 saturated heterocycles. The van der Waals surface area contributed by atoms with Crippen LogP contribution in [0.25, 0.3) is 0 Å². The van der Waals surface area contributed by atoms with Crippen LogP contribution in [0.2, 0.25) is 0 Å². The number of nitrogens with zero attached hydrogens (tertiary/aromatic N) is 1. The SMILES string of the molecule is COc1cccc(CC(=O)NCc2cscn2)c1. The molecule has 0 aliphatic carbocycles. The fraction of sp³-hybridized carbons (Fsp3) is 0.231. The third-order valence-electron chi connectivity index (χ3n) is 2.45. The highest BCUT2D eigenvalue weighted by molar-refractivity contribution is 7.07. The number of ether oxygens (including phenoxy) is 1. The van der Waals surface area contributed by atoms with Gasteiger partial charge in [-0.2, -0.15) is 0 Å². The van der Waals surface area contributed by atoms with E-state index in [0.717, 1.165) is 17.0 Å². The van der Waals surface area contributed by atoms with Crippen LogP contribution in [0.15, 0.2) is 35.2 Å². The largest absolute Gasteiger partial charge is 0.497 e. The monoisotopic (exact) mass is 262 g/mol. The Morgan fingerprint density at radius 3 is 3.11 bits per heavy atom. The van der Waals surface area contributed by atoms with Crippen LogP contribution < -0.4 is 10.1 Å². The van der Waals surface area contributed by atoms with Crippen molar-refractivity contribution in [1.82, 2.24) is 10.3 Å². The molecule has 1 aromatic heterocycles. The van der Waals surface area contributed by atoms with Gasteiger partial charge < -0.3 is 10.1 Å². The zero-order valence-corrected chi connectivity index (χ0v) is 10.9. The Hall–Kier alpha value is -1.88. The third-order valence-corrected chi connectivity index (χ3v) is 3.08. The lowest BCUT2D eigenvalue weighted by Gasteiger charge is -2.05.